The molecule has 0 unspecified atom stereocenters. The molecule has 0 aliphatic rings. The summed E-state index contributed by atoms with van der Waals surface area (Å²) in [5.41, 5.74) is 8.58. The molecule has 4 nitrogen and oxygen atoms in total. The molecule has 0 saturated carbocycles. The first-order valence-corrected chi connectivity index (χ1v) is 7.81. The molecule has 0 aliphatic heterocycles. The smallest absolute Gasteiger partial charge is 0.263 e. The Labute approximate surface area is 123 Å². The van der Waals surface area contributed by atoms with Gasteiger partial charge in [0.25, 0.3) is 10.0 Å². The lowest BCUT2D eigenvalue weighted by atomic mass is 10.1. The molecule has 2 aromatic carbocycles. The van der Waals surface area contributed by atoms with Crippen molar-refractivity contribution in [2.24, 2.45) is 0 Å². The third kappa shape index (κ3) is 3.05. The van der Waals surface area contributed by atoms with Gasteiger partial charge in [-0.05, 0) is 55.3 Å². The lowest BCUT2D eigenvalue weighted by Gasteiger charge is -2.11. The minimum atomic E-state index is -3.73. The van der Waals surface area contributed by atoms with Crippen molar-refractivity contribution in [3.63, 3.8) is 0 Å². The van der Waals surface area contributed by atoms with Crippen molar-refractivity contribution in [2.45, 2.75) is 18.7 Å². The molecule has 0 saturated heterocycles. The maximum atomic E-state index is 12.3. The molecule has 6 heteroatoms. The van der Waals surface area contributed by atoms with E-state index in [4.69, 9.17) is 17.3 Å². The van der Waals surface area contributed by atoms with Crippen molar-refractivity contribution >= 4 is 33.0 Å². The van der Waals surface area contributed by atoms with Crippen LogP contribution >= 0.6 is 11.6 Å². The van der Waals surface area contributed by atoms with Crippen molar-refractivity contribution in [1.29, 1.82) is 0 Å². The van der Waals surface area contributed by atoms with E-state index in [-0.39, 0.29) is 9.92 Å². The van der Waals surface area contributed by atoms with E-state index >= 15 is 0 Å². The van der Waals surface area contributed by atoms with E-state index in [9.17, 15) is 8.42 Å². The van der Waals surface area contributed by atoms with Crippen LogP contribution in [0.5, 0.6) is 0 Å². The number of hydrogen-bond donors (Lipinski definition) is 2. The predicted octanol–water partition coefficient (Wildman–Crippen LogP) is 3.34. The van der Waals surface area contributed by atoms with E-state index in [1.165, 1.54) is 18.2 Å². The highest BCUT2D eigenvalue weighted by atomic mass is 35.5. The number of hydrogen-bond acceptors (Lipinski definition) is 3. The van der Waals surface area contributed by atoms with Gasteiger partial charge >= 0.3 is 0 Å². The second-order valence-corrected chi connectivity index (χ2v) is 6.65. The van der Waals surface area contributed by atoms with Gasteiger partial charge in [-0.3, -0.25) is 4.72 Å². The average molecular weight is 311 g/mol. The van der Waals surface area contributed by atoms with Crippen molar-refractivity contribution < 1.29 is 8.42 Å². The monoisotopic (exact) mass is 310 g/mol. The van der Waals surface area contributed by atoms with Crippen LogP contribution in [0.25, 0.3) is 0 Å². The minimum absolute atomic E-state index is 0.00611. The first kappa shape index (κ1) is 14.7. The molecule has 0 bridgehead atoms. The molecule has 0 amide bonds. The summed E-state index contributed by atoms with van der Waals surface area (Å²) in [5.74, 6) is 0. The number of benzene rings is 2. The van der Waals surface area contributed by atoms with Gasteiger partial charge in [-0.25, -0.2) is 8.42 Å². The summed E-state index contributed by atoms with van der Waals surface area (Å²) >= 11 is 5.94. The maximum absolute atomic E-state index is 12.3. The van der Waals surface area contributed by atoms with Crippen LogP contribution in [0.3, 0.4) is 0 Å². The highest BCUT2D eigenvalue weighted by molar-refractivity contribution is 7.92. The summed E-state index contributed by atoms with van der Waals surface area (Å²) < 4.78 is 27.1. The summed E-state index contributed by atoms with van der Waals surface area (Å²) in [7, 11) is -3.73. The summed E-state index contributed by atoms with van der Waals surface area (Å²) in [5, 5.41) is 0.0985. The number of aryl methyl sites for hydroxylation is 2. The molecule has 0 fully saturated rings. The molecular formula is C14H15ClN2O2S. The number of sulfonamides is 1. The second-order valence-electron chi connectivity index (χ2n) is 4.59. The fraction of sp³-hybridized carbons (Fsp3) is 0.143. The Morgan fingerprint density at radius 2 is 1.75 bits per heavy atom. The van der Waals surface area contributed by atoms with Gasteiger partial charge in [-0.1, -0.05) is 17.7 Å². The van der Waals surface area contributed by atoms with Gasteiger partial charge in [0.05, 0.1) is 5.02 Å². The number of halogens is 1. The largest absolute Gasteiger partial charge is 0.399 e. The molecule has 20 heavy (non-hydrogen) atoms. The van der Waals surface area contributed by atoms with Crippen LogP contribution in [-0.4, -0.2) is 8.42 Å². The molecule has 2 aromatic rings. The zero-order valence-electron chi connectivity index (χ0n) is 11.1. The molecule has 106 valence electrons. The Morgan fingerprint density at radius 1 is 1.05 bits per heavy atom. The van der Waals surface area contributed by atoms with Crippen molar-refractivity contribution in [3.05, 3.63) is 52.5 Å². The third-order valence-corrected chi connectivity index (χ3v) is 4.87. The van der Waals surface area contributed by atoms with Crippen molar-refractivity contribution in [2.75, 3.05) is 10.5 Å². The number of nitrogen functional groups attached to an aromatic ring is 1. The standard InChI is InChI=1S/C14H15ClN2O2S/c1-9-3-5-12(7-10(9)2)17-20(18,19)14-6-4-11(16)8-13(14)15/h3-8,17H,16H2,1-2H3. The summed E-state index contributed by atoms with van der Waals surface area (Å²) in [4.78, 5) is 0.00611. The van der Waals surface area contributed by atoms with Gasteiger partial charge in [0, 0.05) is 11.4 Å². The van der Waals surface area contributed by atoms with Crippen molar-refractivity contribution in [1.82, 2.24) is 0 Å². The third-order valence-electron chi connectivity index (χ3n) is 3.00. The second kappa shape index (κ2) is 5.34. The Morgan fingerprint density at radius 3 is 2.35 bits per heavy atom. The summed E-state index contributed by atoms with van der Waals surface area (Å²) in [6.07, 6.45) is 0. The number of nitrogens with two attached hydrogens (primary N) is 1. The first-order valence-electron chi connectivity index (χ1n) is 5.95. The molecule has 3 N–H and O–H groups in total. The number of nitrogens with one attached hydrogen (secondary N) is 1. The van der Waals surface area contributed by atoms with Crippen molar-refractivity contribution in [3.8, 4) is 0 Å². The van der Waals surface area contributed by atoms with E-state index < -0.39 is 10.0 Å². The molecule has 0 spiro atoms. The van der Waals surface area contributed by atoms with Gasteiger partial charge in [0.2, 0.25) is 0 Å². The fourth-order valence-corrected chi connectivity index (χ4v) is 3.35. The lowest BCUT2D eigenvalue weighted by molar-refractivity contribution is 0.601. The molecular weight excluding hydrogens is 296 g/mol. The molecule has 2 rings (SSSR count). The van der Waals surface area contributed by atoms with E-state index in [1.807, 2.05) is 19.9 Å². The SMILES string of the molecule is Cc1ccc(NS(=O)(=O)c2ccc(N)cc2Cl)cc1C. The predicted molar refractivity (Wildman–Crippen MR) is 82.6 cm³/mol. The molecule has 0 atom stereocenters. The Hall–Kier alpha value is -1.72. The zero-order valence-corrected chi connectivity index (χ0v) is 12.7. The quantitative estimate of drug-likeness (QED) is 0.854. The highest BCUT2D eigenvalue weighted by Gasteiger charge is 2.18. The summed E-state index contributed by atoms with van der Waals surface area (Å²) in [6.45, 7) is 3.88. The van der Waals surface area contributed by atoms with Gasteiger partial charge in [0.1, 0.15) is 4.90 Å². The van der Waals surface area contributed by atoms with Crippen LogP contribution in [0.1, 0.15) is 11.1 Å². The van der Waals surface area contributed by atoms with Crippen LogP contribution in [0, 0.1) is 13.8 Å². The molecule has 0 radical (unpaired) electrons. The number of anilines is 2. The average Bonchev–Trinajstić information content (AvgIpc) is 2.33. The first-order chi connectivity index (χ1) is 9.29. The molecule has 0 aliphatic carbocycles. The Kier molecular flexibility index (Phi) is 3.92. The highest BCUT2D eigenvalue weighted by Crippen LogP contribution is 2.26. The topological polar surface area (TPSA) is 72.2 Å². The van der Waals surface area contributed by atoms with Crippen LogP contribution in [0.4, 0.5) is 11.4 Å². The van der Waals surface area contributed by atoms with E-state index in [1.54, 1.807) is 12.1 Å². The normalized spacial score (nSPS) is 11.3. The van der Waals surface area contributed by atoms with Gasteiger partial charge in [0.15, 0.2) is 0 Å². The lowest BCUT2D eigenvalue weighted by Crippen LogP contribution is -2.13. The van der Waals surface area contributed by atoms with Gasteiger partial charge in [-0.15, -0.1) is 0 Å². The fourth-order valence-electron chi connectivity index (χ4n) is 1.75. The van der Waals surface area contributed by atoms with Gasteiger partial charge in [-0.2, -0.15) is 0 Å². The van der Waals surface area contributed by atoms with Gasteiger partial charge < -0.3 is 5.73 Å². The van der Waals surface area contributed by atoms with E-state index in [0.717, 1.165) is 11.1 Å². The van der Waals surface area contributed by atoms with Crippen LogP contribution in [-0.2, 0) is 10.0 Å². The Balaban J connectivity index is 2.38. The zero-order chi connectivity index (χ0) is 14.9. The van der Waals surface area contributed by atoms with Crippen LogP contribution < -0.4 is 10.5 Å². The van der Waals surface area contributed by atoms with Crippen LogP contribution in [0.2, 0.25) is 5.02 Å². The minimum Gasteiger partial charge on any atom is -0.399 e. The van der Waals surface area contributed by atoms with Crippen LogP contribution in [0.15, 0.2) is 41.3 Å². The number of rotatable bonds is 3. The molecule has 0 aromatic heterocycles. The Bertz CT molecular complexity index is 758. The van der Waals surface area contributed by atoms with E-state index in [0.29, 0.717) is 11.4 Å². The summed E-state index contributed by atoms with van der Waals surface area (Å²) in [6, 6.07) is 9.65. The van der Waals surface area contributed by atoms with E-state index in [2.05, 4.69) is 4.72 Å². The molecule has 0 heterocycles. The maximum Gasteiger partial charge on any atom is 0.263 e.